The van der Waals surface area contributed by atoms with Crippen LogP contribution in [0.25, 0.3) is 0 Å². The van der Waals surface area contributed by atoms with Crippen LogP contribution in [0.3, 0.4) is 0 Å². The molecular weight excluding hydrogens is 368 g/mol. The summed E-state index contributed by atoms with van der Waals surface area (Å²) in [6, 6.07) is 15.4. The van der Waals surface area contributed by atoms with Crippen LogP contribution in [0.1, 0.15) is 27.9 Å². The van der Waals surface area contributed by atoms with Gasteiger partial charge in [-0.1, -0.05) is 42.0 Å². The van der Waals surface area contributed by atoms with Crippen molar-refractivity contribution in [2.45, 2.75) is 19.8 Å². The molecule has 0 aromatic heterocycles. The Hall–Kier alpha value is -2.14. The molecular formula is C19H21BrN2O2. The van der Waals surface area contributed by atoms with Crippen molar-refractivity contribution in [2.75, 3.05) is 13.1 Å². The first-order chi connectivity index (χ1) is 11.6. The summed E-state index contributed by atoms with van der Waals surface area (Å²) in [5, 5.41) is 5.61. The summed E-state index contributed by atoms with van der Waals surface area (Å²) < 4.78 is 0.754. The van der Waals surface area contributed by atoms with Crippen molar-refractivity contribution < 1.29 is 9.59 Å². The third-order valence-corrected chi connectivity index (χ3v) is 4.30. The van der Waals surface area contributed by atoms with E-state index in [4.69, 9.17) is 0 Å². The highest BCUT2D eigenvalue weighted by Gasteiger charge is 2.08. The summed E-state index contributed by atoms with van der Waals surface area (Å²) >= 11 is 3.35. The van der Waals surface area contributed by atoms with Gasteiger partial charge in [-0.05, 0) is 47.0 Å². The summed E-state index contributed by atoms with van der Waals surface area (Å²) in [7, 11) is 0. The van der Waals surface area contributed by atoms with Crippen LogP contribution in [0, 0.1) is 6.92 Å². The summed E-state index contributed by atoms with van der Waals surface area (Å²) in [6.45, 7) is 2.86. The van der Waals surface area contributed by atoms with E-state index in [9.17, 15) is 9.59 Å². The van der Waals surface area contributed by atoms with Crippen molar-refractivity contribution in [3.8, 4) is 0 Å². The molecule has 5 heteroatoms. The third-order valence-electron chi connectivity index (χ3n) is 3.61. The van der Waals surface area contributed by atoms with Gasteiger partial charge in [0.25, 0.3) is 5.91 Å². The van der Waals surface area contributed by atoms with E-state index in [1.807, 2.05) is 49.4 Å². The Labute approximate surface area is 150 Å². The minimum Gasteiger partial charge on any atom is -0.354 e. The smallest absolute Gasteiger partial charge is 0.252 e. The van der Waals surface area contributed by atoms with E-state index in [2.05, 4.69) is 26.6 Å². The van der Waals surface area contributed by atoms with Crippen LogP contribution in [-0.2, 0) is 11.2 Å². The standard InChI is InChI=1S/C19H21BrN2O2/c1-14-6-8-15(9-7-14)10-11-18(23)21-12-13-22-19(24)16-4-2-3-5-17(16)20/h2-9H,10-13H2,1H3,(H,21,23)(H,22,24). The van der Waals surface area contributed by atoms with Gasteiger partial charge in [0, 0.05) is 24.0 Å². The predicted molar refractivity (Wildman–Crippen MR) is 99.0 cm³/mol. The lowest BCUT2D eigenvalue weighted by atomic mass is 10.1. The second-order valence-electron chi connectivity index (χ2n) is 5.57. The maximum absolute atomic E-state index is 12.0. The number of aryl methyl sites for hydroxylation is 2. The molecule has 2 aromatic rings. The van der Waals surface area contributed by atoms with Crippen LogP contribution >= 0.6 is 15.9 Å². The van der Waals surface area contributed by atoms with E-state index in [1.165, 1.54) is 5.56 Å². The van der Waals surface area contributed by atoms with Gasteiger partial charge in [-0.15, -0.1) is 0 Å². The zero-order valence-electron chi connectivity index (χ0n) is 13.6. The average molecular weight is 389 g/mol. The molecule has 2 aromatic carbocycles. The number of hydrogen-bond donors (Lipinski definition) is 2. The molecule has 126 valence electrons. The van der Waals surface area contributed by atoms with E-state index in [0.717, 1.165) is 16.5 Å². The molecule has 0 atom stereocenters. The van der Waals surface area contributed by atoms with Crippen molar-refractivity contribution in [1.29, 1.82) is 0 Å². The van der Waals surface area contributed by atoms with Gasteiger partial charge < -0.3 is 10.6 Å². The van der Waals surface area contributed by atoms with Crippen molar-refractivity contribution in [1.82, 2.24) is 10.6 Å². The number of benzene rings is 2. The molecule has 0 aliphatic rings. The molecule has 0 radical (unpaired) electrons. The molecule has 0 aliphatic carbocycles. The number of carbonyl (C=O) groups excluding carboxylic acids is 2. The monoisotopic (exact) mass is 388 g/mol. The van der Waals surface area contributed by atoms with Gasteiger partial charge in [-0.2, -0.15) is 0 Å². The molecule has 2 amide bonds. The first kappa shape index (κ1) is 18.2. The molecule has 0 aliphatic heterocycles. The van der Waals surface area contributed by atoms with E-state index in [1.54, 1.807) is 6.07 Å². The van der Waals surface area contributed by atoms with Gasteiger partial charge in [-0.3, -0.25) is 9.59 Å². The molecule has 24 heavy (non-hydrogen) atoms. The highest BCUT2D eigenvalue weighted by atomic mass is 79.9. The molecule has 0 heterocycles. The van der Waals surface area contributed by atoms with Crippen LogP contribution in [0.5, 0.6) is 0 Å². The molecule has 2 rings (SSSR count). The summed E-state index contributed by atoms with van der Waals surface area (Å²) in [5.74, 6) is -0.165. The minimum absolute atomic E-state index is 0.00860. The Bertz CT molecular complexity index is 699. The van der Waals surface area contributed by atoms with Crippen molar-refractivity contribution in [2.24, 2.45) is 0 Å². The summed E-state index contributed by atoms with van der Waals surface area (Å²) in [6.07, 6.45) is 1.16. The summed E-state index contributed by atoms with van der Waals surface area (Å²) in [5.41, 5.74) is 2.95. The zero-order valence-corrected chi connectivity index (χ0v) is 15.2. The lowest BCUT2D eigenvalue weighted by Crippen LogP contribution is -2.34. The van der Waals surface area contributed by atoms with Crippen LogP contribution in [-0.4, -0.2) is 24.9 Å². The molecule has 0 saturated carbocycles. The number of amides is 2. The van der Waals surface area contributed by atoms with Crippen molar-refractivity contribution in [3.63, 3.8) is 0 Å². The Morgan fingerprint density at radius 2 is 1.62 bits per heavy atom. The van der Waals surface area contributed by atoms with Crippen LogP contribution < -0.4 is 10.6 Å². The van der Waals surface area contributed by atoms with Crippen LogP contribution in [0.4, 0.5) is 0 Å². The molecule has 2 N–H and O–H groups in total. The van der Waals surface area contributed by atoms with Gasteiger partial charge in [-0.25, -0.2) is 0 Å². The minimum atomic E-state index is -0.156. The predicted octanol–water partition coefficient (Wildman–Crippen LogP) is 3.24. The van der Waals surface area contributed by atoms with Gasteiger partial charge in [0.2, 0.25) is 5.91 Å². The SMILES string of the molecule is Cc1ccc(CCC(=O)NCCNC(=O)c2ccccc2Br)cc1. The number of halogens is 1. The van der Waals surface area contributed by atoms with Gasteiger partial charge in [0.1, 0.15) is 0 Å². The van der Waals surface area contributed by atoms with Gasteiger partial charge in [0.15, 0.2) is 0 Å². The van der Waals surface area contributed by atoms with E-state index in [-0.39, 0.29) is 11.8 Å². The Morgan fingerprint density at radius 1 is 0.958 bits per heavy atom. The second-order valence-corrected chi connectivity index (χ2v) is 6.43. The van der Waals surface area contributed by atoms with Crippen molar-refractivity contribution in [3.05, 3.63) is 69.7 Å². The van der Waals surface area contributed by atoms with E-state index >= 15 is 0 Å². The first-order valence-electron chi connectivity index (χ1n) is 7.91. The normalized spacial score (nSPS) is 10.2. The highest BCUT2D eigenvalue weighted by Crippen LogP contribution is 2.15. The molecule has 4 nitrogen and oxygen atoms in total. The Kier molecular flexibility index (Phi) is 7.00. The fourth-order valence-corrected chi connectivity index (χ4v) is 2.68. The fraction of sp³-hybridized carbons (Fsp3) is 0.263. The van der Waals surface area contributed by atoms with Crippen molar-refractivity contribution >= 4 is 27.7 Å². The van der Waals surface area contributed by atoms with Gasteiger partial charge in [0.05, 0.1) is 5.56 Å². The quantitative estimate of drug-likeness (QED) is 0.715. The largest absolute Gasteiger partial charge is 0.354 e. The second kappa shape index (κ2) is 9.23. The average Bonchev–Trinajstić information content (AvgIpc) is 2.58. The molecule has 0 spiro atoms. The molecule has 0 saturated heterocycles. The van der Waals surface area contributed by atoms with Crippen LogP contribution in [0.15, 0.2) is 53.0 Å². The Balaban J connectivity index is 1.65. The first-order valence-corrected chi connectivity index (χ1v) is 8.70. The summed E-state index contributed by atoms with van der Waals surface area (Å²) in [4.78, 5) is 23.8. The van der Waals surface area contributed by atoms with E-state index in [0.29, 0.717) is 25.1 Å². The molecule has 0 unspecified atom stereocenters. The molecule has 0 bridgehead atoms. The zero-order chi connectivity index (χ0) is 17.4. The number of hydrogen-bond acceptors (Lipinski definition) is 2. The Morgan fingerprint density at radius 3 is 2.33 bits per heavy atom. The lowest BCUT2D eigenvalue weighted by Gasteiger charge is -2.08. The highest BCUT2D eigenvalue weighted by molar-refractivity contribution is 9.10. The number of rotatable bonds is 7. The number of nitrogens with one attached hydrogen (secondary N) is 2. The maximum atomic E-state index is 12.0. The number of carbonyl (C=O) groups is 2. The third kappa shape index (κ3) is 5.81. The topological polar surface area (TPSA) is 58.2 Å². The fourth-order valence-electron chi connectivity index (χ4n) is 2.22. The van der Waals surface area contributed by atoms with Crippen LogP contribution in [0.2, 0.25) is 0 Å². The molecule has 0 fully saturated rings. The maximum Gasteiger partial charge on any atom is 0.252 e. The van der Waals surface area contributed by atoms with Gasteiger partial charge >= 0.3 is 0 Å². The lowest BCUT2D eigenvalue weighted by molar-refractivity contribution is -0.121. The van der Waals surface area contributed by atoms with E-state index < -0.39 is 0 Å².